The molecule has 4 rings (SSSR count). The molecule has 1 aromatic heterocycles. The van der Waals surface area contributed by atoms with Crippen molar-refractivity contribution in [2.45, 2.75) is 26.7 Å². The molecule has 0 bridgehead atoms. The summed E-state index contributed by atoms with van der Waals surface area (Å²) in [6.45, 7) is 4.76. The number of nitrogens with zero attached hydrogens (tertiary/aromatic N) is 1. The van der Waals surface area contributed by atoms with Crippen molar-refractivity contribution in [2.75, 3.05) is 11.9 Å². The molecule has 0 aliphatic rings. The Morgan fingerprint density at radius 2 is 1.53 bits per heavy atom. The van der Waals surface area contributed by atoms with Crippen LogP contribution in [0.25, 0.3) is 22.4 Å². The van der Waals surface area contributed by atoms with E-state index in [-0.39, 0.29) is 5.91 Å². The molecule has 5 heteroatoms. The predicted octanol–water partition coefficient (Wildman–Crippen LogP) is 7.08. The van der Waals surface area contributed by atoms with E-state index in [1.165, 1.54) is 4.88 Å². The monoisotopic (exact) mass is 442 g/mol. The summed E-state index contributed by atoms with van der Waals surface area (Å²) in [4.78, 5) is 18.8. The number of rotatable bonds is 8. The molecule has 0 fully saturated rings. The van der Waals surface area contributed by atoms with Gasteiger partial charge in [-0.2, -0.15) is 0 Å². The third-order valence-corrected chi connectivity index (χ3v) is 6.12. The van der Waals surface area contributed by atoms with Crippen LogP contribution in [0.1, 0.15) is 35.5 Å². The zero-order valence-electron chi connectivity index (χ0n) is 18.3. The van der Waals surface area contributed by atoms with Gasteiger partial charge in [0.2, 0.25) is 0 Å². The lowest BCUT2D eigenvalue weighted by Crippen LogP contribution is -2.11. The number of benzene rings is 3. The normalized spacial score (nSPS) is 10.7. The standard InChI is InChI=1S/C27H26N2O2S/c1-3-8-24-25(21-15-17-23(18-16-21)31-4-2)28-27(32-24)29-26(30)22-13-11-20(12-14-22)19-9-6-5-7-10-19/h5-7,9-18H,3-4,8H2,1-2H3,(H,28,29,30). The van der Waals surface area contributed by atoms with Crippen LogP contribution in [-0.4, -0.2) is 17.5 Å². The average molecular weight is 443 g/mol. The van der Waals surface area contributed by atoms with Crippen LogP contribution in [0.3, 0.4) is 0 Å². The van der Waals surface area contributed by atoms with E-state index in [4.69, 9.17) is 9.72 Å². The first-order chi connectivity index (χ1) is 15.7. The number of carbonyl (C=O) groups excluding carboxylic acids is 1. The molecule has 4 nitrogen and oxygen atoms in total. The fourth-order valence-electron chi connectivity index (χ4n) is 3.52. The van der Waals surface area contributed by atoms with Gasteiger partial charge in [-0.15, -0.1) is 11.3 Å². The lowest BCUT2D eigenvalue weighted by molar-refractivity contribution is 0.102. The number of anilines is 1. The molecule has 0 atom stereocenters. The molecule has 1 heterocycles. The highest BCUT2D eigenvalue weighted by molar-refractivity contribution is 7.16. The maximum Gasteiger partial charge on any atom is 0.257 e. The van der Waals surface area contributed by atoms with Gasteiger partial charge in [-0.3, -0.25) is 10.1 Å². The lowest BCUT2D eigenvalue weighted by Gasteiger charge is -2.05. The van der Waals surface area contributed by atoms with Crippen molar-refractivity contribution < 1.29 is 9.53 Å². The van der Waals surface area contributed by atoms with Crippen LogP contribution in [0.2, 0.25) is 0 Å². The zero-order chi connectivity index (χ0) is 22.3. The molecule has 1 N–H and O–H groups in total. The maximum absolute atomic E-state index is 12.8. The summed E-state index contributed by atoms with van der Waals surface area (Å²) < 4.78 is 5.54. The van der Waals surface area contributed by atoms with Gasteiger partial charge < -0.3 is 4.74 Å². The van der Waals surface area contributed by atoms with Crippen LogP contribution in [0.5, 0.6) is 5.75 Å². The van der Waals surface area contributed by atoms with E-state index >= 15 is 0 Å². The highest BCUT2D eigenvalue weighted by Crippen LogP contribution is 2.33. The van der Waals surface area contributed by atoms with E-state index in [1.54, 1.807) is 11.3 Å². The minimum Gasteiger partial charge on any atom is -0.494 e. The van der Waals surface area contributed by atoms with Gasteiger partial charge >= 0.3 is 0 Å². The van der Waals surface area contributed by atoms with Crippen molar-refractivity contribution >= 4 is 22.4 Å². The quantitative estimate of drug-likeness (QED) is 0.317. The summed E-state index contributed by atoms with van der Waals surface area (Å²) >= 11 is 1.54. The van der Waals surface area contributed by atoms with Crippen LogP contribution in [0.15, 0.2) is 78.9 Å². The maximum atomic E-state index is 12.8. The van der Waals surface area contributed by atoms with Crippen LogP contribution >= 0.6 is 11.3 Å². The van der Waals surface area contributed by atoms with Crippen molar-refractivity contribution in [1.82, 2.24) is 4.98 Å². The Morgan fingerprint density at radius 3 is 2.19 bits per heavy atom. The molecule has 4 aromatic rings. The molecule has 0 saturated carbocycles. The van der Waals surface area contributed by atoms with E-state index in [9.17, 15) is 4.79 Å². The predicted molar refractivity (Wildman–Crippen MR) is 133 cm³/mol. The van der Waals surface area contributed by atoms with Gasteiger partial charge in [-0.05, 0) is 60.9 Å². The number of thiazole rings is 1. The number of carbonyl (C=O) groups is 1. The van der Waals surface area contributed by atoms with E-state index in [2.05, 4.69) is 24.4 Å². The van der Waals surface area contributed by atoms with Crippen LogP contribution in [0, 0.1) is 0 Å². The second kappa shape index (κ2) is 10.2. The van der Waals surface area contributed by atoms with Gasteiger partial charge in [0, 0.05) is 16.0 Å². The number of hydrogen-bond donors (Lipinski definition) is 1. The Balaban J connectivity index is 1.52. The first-order valence-corrected chi connectivity index (χ1v) is 11.7. The fourth-order valence-corrected chi connectivity index (χ4v) is 4.60. The third kappa shape index (κ3) is 5.06. The summed E-state index contributed by atoms with van der Waals surface area (Å²) in [5, 5.41) is 3.60. The Morgan fingerprint density at radius 1 is 0.875 bits per heavy atom. The fraction of sp³-hybridized carbons (Fsp3) is 0.185. The molecule has 3 aromatic carbocycles. The molecule has 1 amide bonds. The van der Waals surface area contributed by atoms with Crippen molar-refractivity contribution in [3.8, 4) is 28.1 Å². The highest BCUT2D eigenvalue weighted by Gasteiger charge is 2.15. The van der Waals surface area contributed by atoms with E-state index in [0.29, 0.717) is 17.3 Å². The van der Waals surface area contributed by atoms with Gasteiger partial charge in [0.15, 0.2) is 5.13 Å². The molecule has 0 saturated heterocycles. The Bertz CT molecular complexity index is 1170. The molecule has 162 valence electrons. The molecule has 0 aliphatic heterocycles. The van der Waals surface area contributed by atoms with Gasteiger partial charge in [0.1, 0.15) is 5.75 Å². The average Bonchev–Trinajstić information content (AvgIpc) is 3.23. The summed E-state index contributed by atoms with van der Waals surface area (Å²) in [6.07, 6.45) is 1.93. The Hall–Kier alpha value is -3.44. The van der Waals surface area contributed by atoms with Crippen LogP contribution in [0.4, 0.5) is 5.13 Å². The first kappa shape index (κ1) is 21.8. The number of ether oxygens (including phenoxy) is 1. The third-order valence-electron chi connectivity index (χ3n) is 5.09. The minimum absolute atomic E-state index is 0.153. The van der Waals surface area contributed by atoms with E-state index < -0.39 is 0 Å². The molecule has 0 aliphatic carbocycles. The Kier molecular flexibility index (Phi) is 6.97. The summed E-state index contributed by atoms with van der Waals surface area (Å²) in [5.41, 5.74) is 4.78. The molecule has 0 radical (unpaired) electrons. The van der Waals surface area contributed by atoms with Crippen LogP contribution in [-0.2, 0) is 6.42 Å². The second-order valence-corrected chi connectivity index (χ2v) is 8.48. The lowest BCUT2D eigenvalue weighted by atomic mass is 10.0. The number of amides is 1. The van der Waals surface area contributed by atoms with Gasteiger partial charge in [-0.25, -0.2) is 4.98 Å². The SMILES string of the molecule is CCCc1sc(NC(=O)c2ccc(-c3ccccc3)cc2)nc1-c1ccc(OCC)cc1. The van der Waals surface area contributed by atoms with Gasteiger partial charge in [0.25, 0.3) is 5.91 Å². The van der Waals surface area contributed by atoms with Crippen molar-refractivity contribution in [3.05, 3.63) is 89.3 Å². The van der Waals surface area contributed by atoms with Crippen LogP contribution < -0.4 is 10.1 Å². The Labute approximate surface area is 192 Å². The number of aromatic nitrogens is 1. The van der Waals surface area contributed by atoms with Crippen molar-refractivity contribution in [3.63, 3.8) is 0 Å². The van der Waals surface area contributed by atoms with E-state index in [1.807, 2.05) is 73.7 Å². The van der Waals surface area contributed by atoms with Crippen molar-refractivity contribution in [2.24, 2.45) is 0 Å². The number of hydrogen-bond acceptors (Lipinski definition) is 4. The van der Waals surface area contributed by atoms with Gasteiger partial charge in [0.05, 0.1) is 12.3 Å². The second-order valence-electron chi connectivity index (χ2n) is 7.40. The minimum atomic E-state index is -0.153. The van der Waals surface area contributed by atoms with E-state index in [0.717, 1.165) is 41.0 Å². The van der Waals surface area contributed by atoms with Crippen molar-refractivity contribution in [1.29, 1.82) is 0 Å². The topological polar surface area (TPSA) is 51.2 Å². The number of nitrogens with one attached hydrogen (secondary N) is 1. The molecule has 0 unspecified atom stereocenters. The molecular weight excluding hydrogens is 416 g/mol. The summed E-state index contributed by atoms with van der Waals surface area (Å²) in [7, 11) is 0. The molecule has 0 spiro atoms. The summed E-state index contributed by atoms with van der Waals surface area (Å²) in [6, 6.07) is 25.7. The highest BCUT2D eigenvalue weighted by atomic mass is 32.1. The zero-order valence-corrected chi connectivity index (χ0v) is 19.1. The molecule has 32 heavy (non-hydrogen) atoms. The molecular formula is C27H26N2O2S. The smallest absolute Gasteiger partial charge is 0.257 e. The number of aryl methyl sites for hydroxylation is 1. The first-order valence-electron chi connectivity index (χ1n) is 10.9. The van der Waals surface area contributed by atoms with Gasteiger partial charge in [-0.1, -0.05) is 55.8 Å². The summed E-state index contributed by atoms with van der Waals surface area (Å²) in [5.74, 6) is 0.690. The largest absolute Gasteiger partial charge is 0.494 e.